The van der Waals surface area contributed by atoms with E-state index in [0.717, 1.165) is 21.4 Å². The van der Waals surface area contributed by atoms with Crippen molar-refractivity contribution in [1.29, 1.82) is 0 Å². The van der Waals surface area contributed by atoms with E-state index in [4.69, 9.17) is 4.74 Å². The molecule has 0 aliphatic heterocycles. The number of rotatable bonds is 2. The van der Waals surface area contributed by atoms with E-state index in [2.05, 4.69) is 26.2 Å². The van der Waals surface area contributed by atoms with Crippen LogP contribution in [0.25, 0.3) is 0 Å². The molecule has 100 valence electrons. The second kappa shape index (κ2) is 5.69. The lowest BCUT2D eigenvalue weighted by Crippen LogP contribution is -2.32. The van der Waals surface area contributed by atoms with E-state index in [9.17, 15) is 4.79 Å². The summed E-state index contributed by atoms with van der Waals surface area (Å²) < 4.78 is 6.16. The largest absolute Gasteiger partial charge is 0.444 e. The number of ether oxygens (including phenoxy) is 1. The minimum atomic E-state index is -0.483. The molecule has 0 aliphatic carbocycles. The lowest BCUT2D eigenvalue weighted by atomic mass is 10.2. The lowest BCUT2D eigenvalue weighted by molar-refractivity contribution is 0.0523. The number of nitrogens with one attached hydrogen (secondary N) is 1. The van der Waals surface area contributed by atoms with Gasteiger partial charge in [0.15, 0.2) is 0 Å². The fourth-order valence-electron chi connectivity index (χ4n) is 1.46. The molecule has 4 nitrogen and oxygen atoms in total. The molecule has 5 heteroatoms. The van der Waals surface area contributed by atoms with Gasteiger partial charge in [-0.2, -0.15) is 0 Å². The lowest BCUT2D eigenvalue weighted by Gasteiger charge is -2.19. The molecular weight excluding hydrogens is 296 g/mol. The Labute approximate surface area is 116 Å². The maximum atomic E-state index is 11.5. The van der Waals surface area contributed by atoms with Crippen LogP contribution in [-0.4, -0.2) is 16.7 Å². The standard InChI is InChI=1S/C13H19BrN2O2/c1-8-6-10(16-9(2)11(8)14)7-15-12(17)18-13(3,4)5/h6H,7H2,1-5H3,(H,15,17). The Morgan fingerprint density at radius 1 is 1.44 bits per heavy atom. The summed E-state index contributed by atoms with van der Waals surface area (Å²) in [7, 11) is 0. The number of hydrogen-bond donors (Lipinski definition) is 1. The molecule has 1 aromatic heterocycles. The van der Waals surface area contributed by atoms with Crippen LogP contribution in [0.15, 0.2) is 10.5 Å². The number of carbonyl (C=O) groups is 1. The average molecular weight is 315 g/mol. The van der Waals surface area contributed by atoms with Crippen LogP contribution in [0, 0.1) is 13.8 Å². The molecular formula is C13H19BrN2O2. The van der Waals surface area contributed by atoms with Gasteiger partial charge in [0.1, 0.15) is 5.60 Å². The number of halogens is 1. The van der Waals surface area contributed by atoms with Crippen LogP contribution in [0.4, 0.5) is 4.79 Å². The summed E-state index contributed by atoms with van der Waals surface area (Å²) >= 11 is 3.46. The van der Waals surface area contributed by atoms with Gasteiger partial charge in [-0.25, -0.2) is 4.79 Å². The van der Waals surface area contributed by atoms with Crippen LogP contribution in [-0.2, 0) is 11.3 Å². The van der Waals surface area contributed by atoms with Gasteiger partial charge in [-0.05, 0) is 62.2 Å². The topological polar surface area (TPSA) is 51.2 Å². The van der Waals surface area contributed by atoms with E-state index in [0.29, 0.717) is 6.54 Å². The summed E-state index contributed by atoms with van der Waals surface area (Å²) in [6.45, 7) is 9.78. The molecule has 1 N–H and O–H groups in total. The molecule has 0 saturated heterocycles. The summed E-state index contributed by atoms with van der Waals surface area (Å²) in [5, 5.41) is 2.69. The second-order valence-corrected chi connectivity index (χ2v) is 5.98. The van der Waals surface area contributed by atoms with Gasteiger partial charge in [-0.3, -0.25) is 4.98 Å². The molecule has 1 aromatic rings. The highest BCUT2D eigenvalue weighted by Gasteiger charge is 2.16. The summed E-state index contributed by atoms with van der Waals surface area (Å²) in [6, 6.07) is 1.94. The normalized spacial score (nSPS) is 11.2. The highest BCUT2D eigenvalue weighted by molar-refractivity contribution is 9.10. The van der Waals surface area contributed by atoms with Gasteiger partial charge in [0.2, 0.25) is 0 Å². The average Bonchev–Trinajstić information content (AvgIpc) is 2.20. The number of aryl methyl sites for hydroxylation is 2. The number of pyridine rings is 1. The van der Waals surface area contributed by atoms with E-state index in [1.54, 1.807) is 0 Å². The number of aromatic nitrogens is 1. The third-order valence-electron chi connectivity index (χ3n) is 2.17. The highest BCUT2D eigenvalue weighted by atomic mass is 79.9. The number of alkyl carbamates (subject to hydrolysis) is 1. The molecule has 0 atom stereocenters. The molecule has 1 rings (SSSR count). The first-order valence-corrected chi connectivity index (χ1v) is 6.58. The molecule has 0 aliphatic rings. The summed E-state index contributed by atoms with van der Waals surface area (Å²) in [6.07, 6.45) is -0.428. The van der Waals surface area contributed by atoms with Crippen LogP contribution >= 0.6 is 15.9 Å². The van der Waals surface area contributed by atoms with E-state index in [1.807, 2.05) is 40.7 Å². The molecule has 0 unspecified atom stereocenters. The maximum Gasteiger partial charge on any atom is 0.407 e. The Bertz CT molecular complexity index is 430. The van der Waals surface area contributed by atoms with Gasteiger partial charge < -0.3 is 10.1 Å². The molecule has 0 saturated carbocycles. The first kappa shape index (κ1) is 15.0. The van der Waals surface area contributed by atoms with E-state index >= 15 is 0 Å². The fourth-order valence-corrected chi connectivity index (χ4v) is 1.67. The molecule has 0 aromatic carbocycles. The number of carbonyl (C=O) groups excluding carboxylic acids is 1. The number of amides is 1. The van der Waals surface area contributed by atoms with Crippen molar-refractivity contribution in [2.45, 2.75) is 46.8 Å². The third-order valence-corrected chi connectivity index (χ3v) is 3.37. The van der Waals surface area contributed by atoms with Crippen molar-refractivity contribution in [3.8, 4) is 0 Å². The summed E-state index contributed by atoms with van der Waals surface area (Å²) in [4.78, 5) is 15.9. The van der Waals surface area contributed by atoms with Crippen molar-refractivity contribution >= 4 is 22.0 Å². The molecule has 0 bridgehead atoms. The first-order valence-electron chi connectivity index (χ1n) is 5.78. The fraction of sp³-hybridized carbons (Fsp3) is 0.538. The minimum Gasteiger partial charge on any atom is -0.444 e. The van der Waals surface area contributed by atoms with Crippen molar-refractivity contribution < 1.29 is 9.53 Å². The van der Waals surface area contributed by atoms with E-state index in [1.165, 1.54) is 0 Å². The number of hydrogen-bond acceptors (Lipinski definition) is 3. The SMILES string of the molecule is Cc1cc(CNC(=O)OC(C)(C)C)nc(C)c1Br. The highest BCUT2D eigenvalue weighted by Crippen LogP contribution is 2.19. The van der Waals surface area contributed by atoms with Crippen molar-refractivity contribution in [2.24, 2.45) is 0 Å². The van der Waals surface area contributed by atoms with Crippen LogP contribution in [0.3, 0.4) is 0 Å². The van der Waals surface area contributed by atoms with Gasteiger partial charge in [-0.15, -0.1) is 0 Å². The van der Waals surface area contributed by atoms with Gasteiger partial charge in [0, 0.05) is 4.47 Å². The van der Waals surface area contributed by atoms with Crippen LogP contribution in [0.2, 0.25) is 0 Å². The summed E-state index contributed by atoms with van der Waals surface area (Å²) in [5.74, 6) is 0. The zero-order valence-corrected chi connectivity index (χ0v) is 13.0. The second-order valence-electron chi connectivity index (χ2n) is 5.19. The Balaban J connectivity index is 2.62. The predicted molar refractivity (Wildman–Crippen MR) is 74.5 cm³/mol. The van der Waals surface area contributed by atoms with E-state index in [-0.39, 0.29) is 0 Å². The molecule has 0 fully saturated rings. The van der Waals surface area contributed by atoms with Gasteiger partial charge >= 0.3 is 6.09 Å². The minimum absolute atomic E-state index is 0.365. The smallest absolute Gasteiger partial charge is 0.407 e. The van der Waals surface area contributed by atoms with Crippen molar-refractivity contribution in [1.82, 2.24) is 10.3 Å². The molecule has 0 radical (unpaired) electrons. The third kappa shape index (κ3) is 4.64. The van der Waals surface area contributed by atoms with Crippen molar-refractivity contribution in [2.75, 3.05) is 0 Å². The van der Waals surface area contributed by atoms with Crippen LogP contribution in [0.5, 0.6) is 0 Å². The van der Waals surface area contributed by atoms with Gasteiger partial charge in [0.05, 0.1) is 17.9 Å². The van der Waals surface area contributed by atoms with Crippen LogP contribution in [0.1, 0.15) is 37.7 Å². The zero-order chi connectivity index (χ0) is 13.9. The van der Waals surface area contributed by atoms with Crippen molar-refractivity contribution in [3.63, 3.8) is 0 Å². The molecule has 1 heterocycles. The predicted octanol–water partition coefficient (Wildman–Crippen LogP) is 3.49. The Hall–Kier alpha value is -1.10. The number of nitrogens with zero attached hydrogens (tertiary/aromatic N) is 1. The zero-order valence-electron chi connectivity index (χ0n) is 11.4. The Kier molecular flexibility index (Phi) is 4.73. The van der Waals surface area contributed by atoms with Crippen molar-refractivity contribution in [3.05, 3.63) is 27.5 Å². The quantitative estimate of drug-likeness (QED) is 0.909. The monoisotopic (exact) mass is 314 g/mol. The first-order chi connectivity index (χ1) is 8.19. The molecule has 18 heavy (non-hydrogen) atoms. The van der Waals surface area contributed by atoms with Gasteiger partial charge in [-0.1, -0.05) is 0 Å². The Morgan fingerprint density at radius 2 is 2.06 bits per heavy atom. The van der Waals surface area contributed by atoms with E-state index < -0.39 is 11.7 Å². The van der Waals surface area contributed by atoms with Gasteiger partial charge in [0.25, 0.3) is 0 Å². The van der Waals surface area contributed by atoms with Crippen LogP contribution < -0.4 is 5.32 Å². The Morgan fingerprint density at radius 3 is 2.56 bits per heavy atom. The molecule has 1 amide bonds. The molecule has 0 spiro atoms. The maximum absolute atomic E-state index is 11.5. The summed E-state index contributed by atoms with van der Waals surface area (Å²) in [5.41, 5.74) is 2.35.